The summed E-state index contributed by atoms with van der Waals surface area (Å²) in [6, 6.07) is 0.772. The van der Waals surface area contributed by atoms with Gasteiger partial charge < -0.3 is 15.0 Å². The van der Waals surface area contributed by atoms with Crippen LogP contribution in [-0.4, -0.2) is 41.8 Å². The fourth-order valence-corrected chi connectivity index (χ4v) is 2.89. The van der Waals surface area contributed by atoms with Crippen LogP contribution in [0, 0.1) is 5.92 Å². The Bertz CT molecular complexity index is 323. The molecule has 0 aromatic rings. The molecular weight excluding hydrogens is 264 g/mol. The molecule has 0 radical (unpaired) electrons. The summed E-state index contributed by atoms with van der Waals surface area (Å²) in [5, 5.41) is 3.61. The van der Waals surface area contributed by atoms with Crippen molar-refractivity contribution in [3.8, 4) is 0 Å². The van der Waals surface area contributed by atoms with Crippen molar-refractivity contribution < 1.29 is 9.53 Å². The van der Waals surface area contributed by atoms with Gasteiger partial charge in [0.2, 0.25) is 0 Å². The topological polar surface area (TPSA) is 41.6 Å². The standard InChI is InChI=1S/C17H34N2O2/c1-13(2)19(16(20)21-17(4,5)6)11-10-18-15-9-7-8-14(3)12-15/h13-15,18H,7-12H2,1-6H3. The van der Waals surface area contributed by atoms with E-state index in [1.165, 1.54) is 25.7 Å². The van der Waals surface area contributed by atoms with Crippen LogP contribution in [0.3, 0.4) is 0 Å². The predicted molar refractivity (Wildman–Crippen MR) is 87.5 cm³/mol. The highest BCUT2D eigenvalue weighted by Gasteiger charge is 2.24. The molecule has 2 atom stereocenters. The average molecular weight is 298 g/mol. The number of amides is 1. The van der Waals surface area contributed by atoms with E-state index in [-0.39, 0.29) is 12.1 Å². The van der Waals surface area contributed by atoms with E-state index in [4.69, 9.17) is 4.74 Å². The molecule has 1 N–H and O–H groups in total. The first kappa shape index (κ1) is 18.3. The number of carbonyl (C=O) groups excluding carboxylic acids is 1. The molecular formula is C17H34N2O2. The molecule has 0 aromatic heterocycles. The molecule has 1 rings (SSSR count). The van der Waals surface area contributed by atoms with Gasteiger partial charge in [-0.2, -0.15) is 0 Å². The maximum atomic E-state index is 12.2. The van der Waals surface area contributed by atoms with Gasteiger partial charge >= 0.3 is 6.09 Å². The maximum absolute atomic E-state index is 12.2. The summed E-state index contributed by atoms with van der Waals surface area (Å²) in [7, 11) is 0. The van der Waals surface area contributed by atoms with Gasteiger partial charge in [-0.3, -0.25) is 0 Å². The van der Waals surface area contributed by atoms with E-state index in [9.17, 15) is 4.79 Å². The van der Waals surface area contributed by atoms with E-state index in [1.54, 1.807) is 0 Å². The molecule has 1 saturated carbocycles. The molecule has 0 aliphatic heterocycles. The molecule has 124 valence electrons. The Balaban J connectivity index is 2.39. The summed E-state index contributed by atoms with van der Waals surface area (Å²) in [6.07, 6.45) is 4.98. The Morgan fingerprint density at radius 1 is 1.33 bits per heavy atom. The zero-order valence-corrected chi connectivity index (χ0v) is 14.7. The lowest BCUT2D eigenvalue weighted by atomic mass is 9.87. The summed E-state index contributed by atoms with van der Waals surface area (Å²) in [5.74, 6) is 0.823. The summed E-state index contributed by atoms with van der Waals surface area (Å²) < 4.78 is 5.48. The lowest BCUT2D eigenvalue weighted by molar-refractivity contribution is 0.0191. The van der Waals surface area contributed by atoms with Crippen LogP contribution in [0.15, 0.2) is 0 Å². The van der Waals surface area contributed by atoms with Crippen molar-refractivity contribution in [2.75, 3.05) is 13.1 Å². The van der Waals surface area contributed by atoms with E-state index in [0.29, 0.717) is 12.6 Å². The van der Waals surface area contributed by atoms with Crippen molar-refractivity contribution in [3.05, 3.63) is 0 Å². The monoisotopic (exact) mass is 298 g/mol. The molecule has 1 amide bonds. The van der Waals surface area contributed by atoms with Crippen LogP contribution in [-0.2, 0) is 4.74 Å². The predicted octanol–water partition coefficient (Wildman–Crippen LogP) is 3.80. The van der Waals surface area contributed by atoms with Crippen molar-refractivity contribution in [1.29, 1.82) is 0 Å². The molecule has 21 heavy (non-hydrogen) atoms. The second kappa shape index (κ2) is 8.02. The second-order valence-electron chi connectivity index (χ2n) is 7.69. The molecule has 0 bridgehead atoms. The van der Waals surface area contributed by atoms with Crippen molar-refractivity contribution in [2.24, 2.45) is 5.92 Å². The smallest absolute Gasteiger partial charge is 0.410 e. The Morgan fingerprint density at radius 3 is 2.52 bits per heavy atom. The zero-order valence-electron chi connectivity index (χ0n) is 14.7. The van der Waals surface area contributed by atoms with Crippen LogP contribution >= 0.6 is 0 Å². The summed E-state index contributed by atoms with van der Waals surface area (Å²) >= 11 is 0. The lowest BCUT2D eigenvalue weighted by Crippen LogP contribution is -2.46. The van der Waals surface area contributed by atoms with Crippen LogP contribution in [0.1, 0.15) is 67.2 Å². The SMILES string of the molecule is CC1CCCC(NCCN(C(=O)OC(C)(C)C)C(C)C)C1. The normalized spacial score (nSPS) is 23.2. The summed E-state index contributed by atoms with van der Waals surface area (Å²) in [5.41, 5.74) is -0.434. The first-order chi connectivity index (χ1) is 9.69. The van der Waals surface area contributed by atoms with Crippen molar-refractivity contribution in [2.45, 2.75) is 84.9 Å². The third-order valence-corrected chi connectivity index (χ3v) is 3.97. The third-order valence-electron chi connectivity index (χ3n) is 3.97. The number of hydrogen-bond donors (Lipinski definition) is 1. The highest BCUT2D eigenvalue weighted by atomic mass is 16.6. The number of nitrogens with zero attached hydrogens (tertiary/aromatic N) is 1. The van der Waals surface area contributed by atoms with Crippen molar-refractivity contribution >= 4 is 6.09 Å². The van der Waals surface area contributed by atoms with E-state index < -0.39 is 5.60 Å². The first-order valence-electron chi connectivity index (χ1n) is 8.42. The molecule has 1 fully saturated rings. The number of hydrogen-bond acceptors (Lipinski definition) is 3. The number of ether oxygens (including phenoxy) is 1. The van der Waals surface area contributed by atoms with Gasteiger partial charge in [-0.25, -0.2) is 4.79 Å². The van der Waals surface area contributed by atoms with Crippen LogP contribution < -0.4 is 5.32 Å². The highest BCUT2D eigenvalue weighted by molar-refractivity contribution is 5.68. The second-order valence-corrected chi connectivity index (χ2v) is 7.69. The van der Waals surface area contributed by atoms with Crippen molar-refractivity contribution in [3.63, 3.8) is 0 Å². The number of rotatable bonds is 5. The molecule has 0 heterocycles. The van der Waals surface area contributed by atoms with Gasteiger partial charge in [-0.15, -0.1) is 0 Å². The van der Waals surface area contributed by atoms with Gasteiger partial charge in [-0.05, 0) is 53.4 Å². The van der Waals surface area contributed by atoms with Gasteiger partial charge in [0.1, 0.15) is 5.60 Å². The molecule has 0 spiro atoms. The Morgan fingerprint density at radius 2 is 2.00 bits per heavy atom. The molecule has 4 heteroatoms. The molecule has 1 aliphatic rings. The quantitative estimate of drug-likeness (QED) is 0.839. The van der Waals surface area contributed by atoms with Gasteiger partial charge in [0.15, 0.2) is 0 Å². The Hall–Kier alpha value is -0.770. The van der Waals surface area contributed by atoms with E-state index in [1.807, 2.05) is 39.5 Å². The highest BCUT2D eigenvalue weighted by Crippen LogP contribution is 2.23. The Labute approximate surface area is 130 Å². The molecule has 4 nitrogen and oxygen atoms in total. The molecule has 2 unspecified atom stereocenters. The largest absolute Gasteiger partial charge is 0.444 e. The molecule has 0 aromatic carbocycles. The maximum Gasteiger partial charge on any atom is 0.410 e. The zero-order chi connectivity index (χ0) is 16.0. The van der Waals surface area contributed by atoms with Gasteiger partial charge in [-0.1, -0.05) is 19.8 Å². The van der Waals surface area contributed by atoms with Gasteiger partial charge in [0.25, 0.3) is 0 Å². The van der Waals surface area contributed by atoms with Crippen molar-refractivity contribution in [1.82, 2.24) is 10.2 Å². The number of nitrogens with one attached hydrogen (secondary N) is 1. The fourth-order valence-electron chi connectivity index (χ4n) is 2.89. The third kappa shape index (κ3) is 7.16. The molecule has 1 aliphatic carbocycles. The van der Waals surface area contributed by atoms with Gasteiger partial charge in [0.05, 0.1) is 0 Å². The minimum absolute atomic E-state index is 0.159. The lowest BCUT2D eigenvalue weighted by Gasteiger charge is -2.32. The van der Waals surface area contributed by atoms with Gasteiger partial charge in [0, 0.05) is 25.2 Å². The fraction of sp³-hybridized carbons (Fsp3) is 0.941. The van der Waals surface area contributed by atoms with Crippen LogP contribution in [0.5, 0.6) is 0 Å². The average Bonchev–Trinajstić information content (AvgIpc) is 2.31. The summed E-state index contributed by atoms with van der Waals surface area (Å²) in [6.45, 7) is 13.7. The molecule has 0 saturated heterocycles. The van der Waals surface area contributed by atoms with Crippen LogP contribution in [0.25, 0.3) is 0 Å². The summed E-state index contributed by atoms with van der Waals surface area (Å²) in [4.78, 5) is 14.0. The van der Waals surface area contributed by atoms with Crippen LogP contribution in [0.4, 0.5) is 4.79 Å². The van der Waals surface area contributed by atoms with E-state index in [0.717, 1.165) is 12.5 Å². The minimum atomic E-state index is -0.434. The first-order valence-corrected chi connectivity index (χ1v) is 8.42. The van der Waals surface area contributed by atoms with E-state index >= 15 is 0 Å². The van der Waals surface area contributed by atoms with E-state index in [2.05, 4.69) is 12.2 Å². The number of carbonyl (C=O) groups is 1. The van der Waals surface area contributed by atoms with Crippen LogP contribution in [0.2, 0.25) is 0 Å². The minimum Gasteiger partial charge on any atom is -0.444 e. The Kier molecular flexibility index (Phi) is 6.98.